The summed E-state index contributed by atoms with van der Waals surface area (Å²) < 4.78 is 29.3. The number of amidine groups is 1. The molecule has 0 aliphatic heterocycles. The fraction of sp³-hybridized carbons (Fsp3) is 0.611. The van der Waals surface area contributed by atoms with Crippen LogP contribution in [0, 0.1) is 6.92 Å². The van der Waals surface area contributed by atoms with Crippen molar-refractivity contribution in [1.29, 1.82) is 0 Å². The molecule has 4 nitrogen and oxygen atoms in total. The van der Waals surface area contributed by atoms with Gasteiger partial charge in [-0.1, -0.05) is 43.9 Å². The number of nitrogens with zero attached hydrogens (tertiary/aromatic N) is 2. The minimum absolute atomic E-state index is 0.265. The highest BCUT2D eigenvalue weighted by molar-refractivity contribution is 7.90. The maximum absolute atomic E-state index is 12.6. The Balaban J connectivity index is 3.02. The molecule has 5 heteroatoms. The molecule has 0 bridgehead atoms. The molecule has 0 saturated heterocycles. The Labute approximate surface area is 141 Å². The first kappa shape index (κ1) is 19.7. The predicted octanol–water partition coefficient (Wildman–Crippen LogP) is 4.39. The van der Waals surface area contributed by atoms with Gasteiger partial charge in [-0.05, 0) is 39.3 Å². The van der Waals surface area contributed by atoms with E-state index in [1.54, 1.807) is 24.3 Å². The molecule has 0 radical (unpaired) electrons. The zero-order chi connectivity index (χ0) is 17.3. The third-order valence-corrected chi connectivity index (χ3v) is 5.25. The Kier molecular flexibility index (Phi) is 8.31. The van der Waals surface area contributed by atoms with Crippen LogP contribution >= 0.6 is 0 Å². The van der Waals surface area contributed by atoms with Crippen molar-refractivity contribution >= 4 is 15.9 Å². The highest BCUT2D eigenvalue weighted by atomic mass is 32.2. The first-order valence-electron chi connectivity index (χ1n) is 8.60. The van der Waals surface area contributed by atoms with Gasteiger partial charge in [0, 0.05) is 19.5 Å². The maximum atomic E-state index is 12.6. The first-order valence-corrected chi connectivity index (χ1v) is 10.0. The van der Waals surface area contributed by atoms with Gasteiger partial charge < -0.3 is 4.90 Å². The summed E-state index contributed by atoms with van der Waals surface area (Å²) in [4.78, 5) is 2.30. The molecule has 1 aromatic rings. The average molecular weight is 339 g/mol. The molecule has 0 saturated carbocycles. The Morgan fingerprint density at radius 3 is 2.13 bits per heavy atom. The zero-order valence-corrected chi connectivity index (χ0v) is 15.7. The number of sulfonamides is 1. The van der Waals surface area contributed by atoms with Crippen molar-refractivity contribution in [1.82, 2.24) is 4.90 Å². The third kappa shape index (κ3) is 6.34. The van der Waals surface area contributed by atoms with Gasteiger partial charge in [-0.3, -0.25) is 0 Å². The van der Waals surface area contributed by atoms with Gasteiger partial charge in [-0.15, -0.1) is 4.40 Å². The van der Waals surface area contributed by atoms with Crippen LogP contribution in [0.4, 0.5) is 0 Å². The molecule has 1 rings (SSSR count). The summed E-state index contributed by atoms with van der Waals surface area (Å²) >= 11 is 0. The lowest BCUT2D eigenvalue weighted by Crippen LogP contribution is -2.31. The van der Waals surface area contributed by atoms with E-state index < -0.39 is 10.0 Å². The van der Waals surface area contributed by atoms with Crippen molar-refractivity contribution in [3.63, 3.8) is 0 Å². The quantitative estimate of drug-likeness (QED) is 0.381. The van der Waals surface area contributed by atoms with Gasteiger partial charge in [0.2, 0.25) is 0 Å². The minimum atomic E-state index is -3.64. The Morgan fingerprint density at radius 2 is 1.61 bits per heavy atom. The van der Waals surface area contributed by atoms with Gasteiger partial charge in [0.05, 0.1) is 4.90 Å². The van der Waals surface area contributed by atoms with E-state index in [9.17, 15) is 8.42 Å². The highest BCUT2D eigenvalue weighted by Crippen LogP contribution is 2.16. The normalized spacial score (nSPS) is 12.4. The van der Waals surface area contributed by atoms with Crippen LogP contribution in [0.15, 0.2) is 33.6 Å². The van der Waals surface area contributed by atoms with Crippen molar-refractivity contribution in [3.8, 4) is 0 Å². The molecule has 0 atom stereocenters. The number of hydrogen-bond donors (Lipinski definition) is 0. The summed E-state index contributed by atoms with van der Waals surface area (Å²) in [6.07, 6.45) is 5.15. The van der Waals surface area contributed by atoms with Crippen molar-refractivity contribution in [2.45, 2.75) is 64.7 Å². The van der Waals surface area contributed by atoms with Crippen LogP contribution in [-0.4, -0.2) is 32.2 Å². The van der Waals surface area contributed by atoms with Gasteiger partial charge >= 0.3 is 0 Å². The molecular formula is C18H30N2O2S. The number of rotatable bonds is 9. The molecule has 0 heterocycles. The van der Waals surface area contributed by atoms with E-state index in [1.807, 2.05) is 25.7 Å². The minimum Gasteiger partial charge on any atom is -0.360 e. The van der Waals surface area contributed by atoms with Gasteiger partial charge in [0.15, 0.2) is 0 Å². The van der Waals surface area contributed by atoms with Crippen LogP contribution in [0.25, 0.3) is 0 Å². The van der Waals surface area contributed by atoms with Gasteiger partial charge in [-0.25, -0.2) is 0 Å². The smallest absolute Gasteiger partial charge is 0.283 e. The SMILES string of the molecule is CCCCCC/C(=N\S(=O)(=O)c1ccc(C)cc1)N(CC)CC. The number of benzene rings is 1. The molecule has 0 amide bonds. The second-order valence-electron chi connectivity index (χ2n) is 5.78. The highest BCUT2D eigenvalue weighted by Gasteiger charge is 2.16. The molecule has 0 N–H and O–H groups in total. The number of unbranched alkanes of at least 4 members (excludes halogenated alkanes) is 3. The molecular weight excluding hydrogens is 308 g/mol. The molecule has 1 aromatic carbocycles. The van der Waals surface area contributed by atoms with Crippen molar-refractivity contribution < 1.29 is 8.42 Å². The van der Waals surface area contributed by atoms with Crippen LogP contribution < -0.4 is 0 Å². The predicted molar refractivity (Wildman–Crippen MR) is 97.5 cm³/mol. The van der Waals surface area contributed by atoms with Crippen molar-refractivity contribution in [2.75, 3.05) is 13.1 Å². The molecule has 0 aliphatic carbocycles. The van der Waals surface area contributed by atoms with Crippen LogP contribution in [0.2, 0.25) is 0 Å². The average Bonchev–Trinajstić information content (AvgIpc) is 2.52. The van der Waals surface area contributed by atoms with Crippen LogP contribution in [-0.2, 0) is 10.0 Å². The lowest BCUT2D eigenvalue weighted by Gasteiger charge is -2.23. The summed E-state index contributed by atoms with van der Waals surface area (Å²) in [5.74, 6) is 0.687. The third-order valence-electron chi connectivity index (χ3n) is 3.93. The Hall–Kier alpha value is -1.36. The molecule has 23 heavy (non-hydrogen) atoms. The fourth-order valence-corrected chi connectivity index (χ4v) is 3.53. The topological polar surface area (TPSA) is 49.7 Å². The molecule has 130 valence electrons. The second-order valence-corrected chi connectivity index (χ2v) is 7.38. The Bertz CT molecular complexity index is 588. The summed E-state index contributed by atoms with van der Waals surface area (Å²) in [7, 11) is -3.64. The molecule has 0 aromatic heterocycles. The van der Waals surface area contributed by atoms with Crippen molar-refractivity contribution in [3.05, 3.63) is 29.8 Å². The van der Waals surface area contributed by atoms with Gasteiger partial charge in [0.25, 0.3) is 10.0 Å². The van der Waals surface area contributed by atoms with Crippen LogP contribution in [0.5, 0.6) is 0 Å². The van der Waals surface area contributed by atoms with Crippen molar-refractivity contribution in [2.24, 2.45) is 4.40 Å². The van der Waals surface area contributed by atoms with E-state index in [1.165, 1.54) is 12.8 Å². The summed E-state index contributed by atoms with van der Waals surface area (Å²) in [6.45, 7) is 9.71. The molecule has 0 unspecified atom stereocenters. The van der Waals surface area contributed by atoms with E-state index in [0.29, 0.717) is 12.3 Å². The van der Waals surface area contributed by atoms with Crippen LogP contribution in [0.3, 0.4) is 0 Å². The zero-order valence-electron chi connectivity index (χ0n) is 14.9. The lowest BCUT2D eigenvalue weighted by atomic mass is 10.1. The van der Waals surface area contributed by atoms with E-state index in [4.69, 9.17) is 0 Å². The Morgan fingerprint density at radius 1 is 1.00 bits per heavy atom. The van der Waals surface area contributed by atoms with E-state index >= 15 is 0 Å². The largest absolute Gasteiger partial charge is 0.360 e. The van der Waals surface area contributed by atoms with E-state index in [0.717, 1.165) is 31.5 Å². The molecule has 0 spiro atoms. The fourth-order valence-electron chi connectivity index (χ4n) is 2.46. The maximum Gasteiger partial charge on any atom is 0.283 e. The standard InChI is InChI=1S/C18H30N2O2S/c1-5-8-9-10-11-18(20(6-2)7-3)19-23(21,22)17-14-12-16(4)13-15-17/h12-15H,5-11H2,1-4H3/b19-18+. The number of aryl methyl sites for hydroxylation is 1. The van der Waals surface area contributed by atoms with E-state index in [2.05, 4.69) is 11.3 Å². The summed E-state index contributed by atoms with van der Waals surface area (Å²) in [6, 6.07) is 6.87. The lowest BCUT2D eigenvalue weighted by molar-refractivity contribution is 0.451. The van der Waals surface area contributed by atoms with E-state index in [-0.39, 0.29) is 4.90 Å². The van der Waals surface area contributed by atoms with Crippen LogP contribution in [0.1, 0.15) is 58.4 Å². The summed E-state index contributed by atoms with van der Waals surface area (Å²) in [5, 5.41) is 0. The summed E-state index contributed by atoms with van der Waals surface area (Å²) in [5.41, 5.74) is 1.04. The number of hydrogen-bond acceptors (Lipinski definition) is 2. The van der Waals surface area contributed by atoms with Gasteiger partial charge in [0.1, 0.15) is 5.84 Å². The first-order chi connectivity index (χ1) is 10.9. The monoisotopic (exact) mass is 338 g/mol. The second kappa shape index (κ2) is 9.71. The molecule has 0 fully saturated rings. The molecule has 0 aliphatic rings. The van der Waals surface area contributed by atoms with Gasteiger partial charge in [-0.2, -0.15) is 8.42 Å².